The molecule has 0 aliphatic rings. The summed E-state index contributed by atoms with van der Waals surface area (Å²) in [5.74, 6) is -0.873. The molecule has 0 radical (unpaired) electrons. The Kier molecular flexibility index (Phi) is 6.46. The van der Waals surface area contributed by atoms with Crippen LogP contribution in [0.4, 0.5) is 11.4 Å². The van der Waals surface area contributed by atoms with Gasteiger partial charge in [0.2, 0.25) is 0 Å². The summed E-state index contributed by atoms with van der Waals surface area (Å²) in [5, 5.41) is 22.7. The molecule has 0 saturated heterocycles. The molecule has 156 valence electrons. The minimum absolute atomic E-state index is 0.241. The highest BCUT2D eigenvalue weighted by molar-refractivity contribution is 7.16. The standard InChI is InChI=1S/C17H12Cl2N4O6S/c1-29-5-4-21-15-13(3-2-12(18)14(15)19)30-17(21)20-16(24)9-6-10(22(25)26)8-11(7-9)23(27)28/h2-3,6-8H,4-5H2,1H3. The van der Waals surface area contributed by atoms with Gasteiger partial charge in [-0.25, -0.2) is 0 Å². The SMILES string of the molecule is COCCn1c(=NC(=O)c2cc([N+](=O)[O-])cc([N+](=O)[O-])c2)sc2ccc(Cl)c(Cl)c21. The number of amides is 1. The summed E-state index contributed by atoms with van der Waals surface area (Å²) < 4.78 is 7.44. The number of hydrogen-bond donors (Lipinski definition) is 0. The van der Waals surface area contributed by atoms with E-state index in [1.54, 1.807) is 16.7 Å². The van der Waals surface area contributed by atoms with Crippen LogP contribution in [0.25, 0.3) is 10.2 Å². The van der Waals surface area contributed by atoms with Crippen LogP contribution in [-0.4, -0.2) is 34.0 Å². The molecule has 0 bridgehead atoms. The number of nitro groups is 2. The van der Waals surface area contributed by atoms with E-state index in [1.807, 2.05) is 0 Å². The Labute approximate surface area is 182 Å². The van der Waals surface area contributed by atoms with E-state index in [-0.39, 0.29) is 15.4 Å². The fourth-order valence-corrected chi connectivity index (χ4v) is 4.20. The van der Waals surface area contributed by atoms with Gasteiger partial charge in [0.05, 0.1) is 48.3 Å². The van der Waals surface area contributed by atoms with Gasteiger partial charge in [-0.3, -0.25) is 25.0 Å². The molecule has 0 aliphatic heterocycles. The number of aromatic nitrogens is 1. The van der Waals surface area contributed by atoms with Crippen molar-refractivity contribution in [2.24, 2.45) is 4.99 Å². The first-order chi connectivity index (χ1) is 14.2. The zero-order chi connectivity index (χ0) is 22.0. The Hall–Kier alpha value is -2.86. The Balaban J connectivity index is 2.19. The van der Waals surface area contributed by atoms with Crippen LogP contribution in [0.1, 0.15) is 10.4 Å². The van der Waals surface area contributed by atoms with Crippen molar-refractivity contribution in [2.45, 2.75) is 6.54 Å². The maximum absolute atomic E-state index is 12.7. The van der Waals surface area contributed by atoms with Crippen LogP contribution in [0.15, 0.2) is 35.3 Å². The molecule has 30 heavy (non-hydrogen) atoms. The van der Waals surface area contributed by atoms with Gasteiger partial charge >= 0.3 is 0 Å². The molecule has 13 heteroatoms. The van der Waals surface area contributed by atoms with Crippen molar-refractivity contribution in [1.82, 2.24) is 4.57 Å². The minimum Gasteiger partial charge on any atom is -0.383 e. The van der Waals surface area contributed by atoms with Gasteiger partial charge in [-0.1, -0.05) is 34.5 Å². The predicted octanol–water partition coefficient (Wildman–Crippen LogP) is 4.21. The van der Waals surface area contributed by atoms with E-state index in [2.05, 4.69) is 4.99 Å². The monoisotopic (exact) mass is 470 g/mol. The summed E-state index contributed by atoms with van der Waals surface area (Å²) >= 11 is 13.6. The Morgan fingerprint density at radius 1 is 1.17 bits per heavy atom. The second-order valence-corrected chi connectivity index (χ2v) is 7.70. The molecule has 3 rings (SSSR count). The van der Waals surface area contributed by atoms with Gasteiger partial charge in [0.25, 0.3) is 17.3 Å². The molecule has 2 aromatic carbocycles. The van der Waals surface area contributed by atoms with E-state index in [9.17, 15) is 25.0 Å². The van der Waals surface area contributed by atoms with E-state index >= 15 is 0 Å². The lowest BCUT2D eigenvalue weighted by atomic mass is 10.1. The largest absolute Gasteiger partial charge is 0.383 e. The number of ether oxygens (including phenoxy) is 1. The number of fused-ring (bicyclic) bond motifs is 1. The molecule has 1 aromatic heterocycles. The van der Waals surface area contributed by atoms with Gasteiger partial charge < -0.3 is 9.30 Å². The molecule has 0 fully saturated rings. The molecule has 0 aliphatic carbocycles. The predicted molar refractivity (Wildman–Crippen MR) is 111 cm³/mol. The second-order valence-electron chi connectivity index (χ2n) is 5.91. The van der Waals surface area contributed by atoms with E-state index in [4.69, 9.17) is 27.9 Å². The highest BCUT2D eigenvalue weighted by atomic mass is 35.5. The average molecular weight is 471 g/mol. The summed E-state index contributed by atoms with van der Waals surface area (Å²) in [4.78, 5) is 37.5. The third kappa shape index (κ3) is 4.33. The summed E-state index contributed by atoms with van der Waals surface area (Å²) in [6.45, 7) is 0.593. The van der Waals surface area contributed by atoms with E-state index in [0.29, 0.717) is 28.4 Å². The lowest BCUT2D eigenvalue weighted by Gasteiger charge is -2.06. The molecule has 0 unspecified atom stereocenters. The number of rotatable bonds is 6. The molecule has 0 saturated carbocycles. The quantitative estimate of drug-likeness (QED) is 0.391. The van der Waals surface area contributed by atoms with E-state index < -0.39 is 27.1 Å². The number of nitro benzene ring substituents is 2. The number of non-ortho nitro benzene ring substituents is 2. The van der Waals surface area contributed by atoms with Gasteiger partial charge in [-0.2, -0.15) is 4.99 Å². The van der Waals surface area contributed by atoms with Crippen molar-refractivity contribution < 1.29 is 19.4 Å². The van der Waals surface area contributed by atoms with Gasteiger partial charge in [-0.05, 0) is 12.1 Å². The Morgan fingerprint density at radius 3 is 2.37 bits per heavy atom. The summed E-state index contributed by atoms with van der Waals surface area (Å²) in [6, 6.07) is 5.99. The molecule has 1 amide bonds. The Morgan fingerprint density at radius 2 is 1.80 bits per heavy atom. The summed E-state index contributed by atoms with van der Waals surface area (Å²) in [5.41, 5.74) is -0.888. The number of carbonyl (C=O) groups is 1. The van der Waals surface area contributed by atoms with Crippen LogP contribution < -0.4 is 4.80 Å². The molecular weight excluding hydrogens is 459 g/mol. The van der Waals surface area contributed by atoms with Crippen LogP contribution in [0.5, 0.6) is 0 Å². The first kappa shape index (κ1) is 21.8. The van der Waals surface area contributed by atoms with Crippen LogP contribution >= 0.6 is 34.5 Å². The van der Waals surface area contributed by atoms with Crippen LogP contribution in [0, 0.1) is 20.2 Å². The topological polar surface area (TPSA) is 130 Å². The maximum Gasteiger partial charge on any atom is 0.280 e. The zero-order valence-corrected chi connectivity index (χ0v) is 17.5. The normalized spacial score (nSPS) is 11.8. The highest BCUT2D eigenvalue weighted by Crippen LogP contribution is 2.32. The zero-order valence-electron chi connectivity index (χ0n) is 15.2. The molecule has 0 N–H and O–H groups in total. The first-order valence-electron chi connectivity index (χ1n) is 8.22. The molecule has 1 heterocycles. The number of nitrogens with zero attached hydrogens (tertiary/aromatic N) is 4. The van der Waals surface area contributed by atoms with Crippen molar-refractivity contribution >= 4 is 62.0 Å². The maximum atomic E-state index is 12.7. The lowest BCUT2D eigenvalue weighted by molar-refractivity contribution is -0.394. The van der Waals surface area contributed by atoms with Crippen molar-refractivity contribution in [3.8, 4) is 0 Å². The van der Waals surface area contributed by atoms with Gasteiger partial charge in [0.1, 0.15) is 0 Å². The highest BCUT2D eigenvalue weighted by Gasteiger charge is 2.20. The molecule has 0 atom stereocenters. The number of hydrogen-bond acceptors (Lipinski definition) is 7. The van der Waals surface area contributed by atoms with Crippen molar-refractivity contribution in [3.63, 3.8) is 0 Å². The van der Waals surface area contributed by atoms with Crippen LogP contribution in [-0.2, 0) is 11.3 Å². The second kappa shape index (κ2) is 8.88. The fraction of sp³-hybridized carbons (Fsp3) is 0.176. The fourth-order valence-electron chi connectivity index (χ4n) is 2.66. The smallest absolute Gasteiger partial charge is 0.280 e. The molecule has 0 spiro atoms. The van der Waals surface area contributed by atoms with E-state index in [0.717, 1.165) is 29.5 Å². The van der Waals surface area contributed by atoms with Crippen molar-refractivity contribution in [2.75, 3.05) is 13.7 Å². The number of carbonyl (C=O) groups excluding carboxylic acids is 1. The first-order valence-corrected chi connectivity index (χ1v) is 9.79. The van der Waals surface area contributed by atoms with Gasteiger partial charge in [0, 0.05) is 25.8 Å². The average Bonchev–Trinajstić information content (AvgIpc) is 3.06. The van der Waals surface area contributed by atoms with Crippen molar-refractivity contribution in [3.05, 3.63) is 71.0 Å². The minimum atomic E-state index is -0.873. The Bertz CT molecular complexity index is 1220. The third-order valence-corrected chi connectivity index (χ3v) is 5.86. The van der Waals surface area contributed by atoms with Crippen LogP contribution in [0.3, 0.4) is 0 Å². The third-order valence-electron chi connectivity index (χ3n) is 4.02. The summed E-state index contributed by atoms with van der Waals surface area (Å²) in [6.07, 6.45) is 0. The van der Waals surface area contributed by atoms with Crippen LogP contribution in [0.2, 0.25) is 10.0 Å². The van der Waals surface area contributed by atoms with E-state index in [1.165, 1.54) is 7.11 Å². The summed E-state index contributed by atoms with van der Waals surface area (Å²) in [7, 11) is 1.51. The molecular formula is C17H12Cl2N4O6S. The number of halogens is 2. The number of benzene rings is 2. The number of thiazole rings is 1. The molecule has 3 aromatic rings. The van der Waals surface area contributed by atoms with Gasteiger partial charge in [-0.15, -0.1) is 0 Å². The molecule has 10 nitrogen and oxygen atoms in total. The van der Waals surface area contributed by atoms with Crippen molar-refractivity contribution in [1.29, 1.82) is 0 Å². The lowest BCUT2D eigenvalue weighted by Crippen LogP contribution is -2.19. The van der Waals surface area contributed by atoms with Gasteiger partial charge in [0.15, 0.2) is 4.80 Å². The number of methoxy groups -OCH3 is 1.